The molecule has 0 aliphatic heterocycles. The number of rotatable bonds is 5. The number of hydrogen-bond acceptors (Lipinski definition) is 5. The topological polar surface area (TPSA) is 115 Å². The standard InChI is InChI=1S/C12H18ClN3O3S/c1-7(2)5-11(15)12(17)16-20(18,19)8-3-4-10(14)9(13)6-8/h3-4,6-7,11H,5,14-15H2,1-2H3,(H,16,17)/t11-/m0/s1. The van der Waals surface area contributed by atoms with Crippen LogP contribution < -0.4 is 16.2 Å². The van der Waals surface area contributed by atoms with E-state index in [1.807, 2.05) is 18.6 Å². The summed E-state index contributed by atoms with van der Waals surface area (Å²) in [5.74, 6) is -0.559. The van der Waals surface area contributed by atoms with Gasteiger partial charge in [0.2, 0.25) is 0 Å². The van der Waals surface area contributed by atoms with Crippen LogP contribution in [0.5, 0.6) is 0 Å². The van der Waals surface area contributed by atoms with Crippen LogP contribution in [0.2, 0.25) is 5.02 Å². The Balaban J connectivity index is 2.89. The summed E-state index contributed by atoms with van der Waals surface area (Å²) in [4.78, 5) is 11.6. The first-order valence-electron chi connectivity index (χ1n) is 6.00. The summed E-state index contributed by atoms with van der Waals surface area (Å²) in [6.45, 7) is 3.78. The summed E-state index contributed by atoms with van der Waals surface area (Å²) in [6.07, 6.45) is 0.393. The Hall–Kier alpha value is -1.31. The van der Waals surface area contributed by atoms with Gasteiger partial charge >= 0.3 is 0 Å². The fourth-order valence-corrected chi connectivity index (χ4v) is 2.86. The average molecular weight is 320 g/mol. The molecule has 0 aliphatic rings. The molecule has 0 aromatic heterocycles. The van der Waals surface area contributed by atoms with E-state index in [9.17, 15) is 13.2 Å². The first-order valence-corrected chi connectivity index (χ1v) is 7.87. The van der Waals surface area contributed by atoms with Gasteiger partial charge in [-0.2, -0.15) is 0 Å². The Morgan fingerprint density at radius 3 is 2.50 bits per heavy atom. The number of nitrogen functional groups attached to an aromatic ring is 1. The van der Waals surface area contributed by atoms with Gasteiger partial charge in [-0.3, -0.25) is 4.79 Å². The molecule has 6 nitrogen and oxygen atoms in total. The van der Waals surface area contributed by atoms with E-state index in [1.165, 1.54) is 18.2 Å². The predicted molar refractivity (Wildman–Crippen MR) is 78.6 cm³/mol. The quantitative estimate of drug-likeness (QED) is 0.703. The van der Waals surface area contributed by atoms with E-state index >= 15 is 0 Å². The van der Waals surface area contributed by atoms with Crippen molar-refractivity contribution < 1.29 is 13.2 Å². The summed E-state index contributed by atoms with van der Waals surface area (Å²) < 4.78 is 26.0. The van der Waals surface area contributed by atoms with Crippen LogP contribution in [0.25, 0.3) is 0 Å². The zero-order valence-corrected chi connectivity index (χ0v) is 12.8. The minimum atomic E-state index is -4.00. The molecule has 0 saturated heterocycles. The number of amides is 1. The van der Waals surface area contributed by atoms with Crippen LogP contribution >= 0.6 is 11.6 Å². The monoisotopic (exact) mass is 319 g/mol. The number of carbonyl (C=O) groups is 1. The van der Waals surface area contributed by atoms with Crippen molar-refractivity contribution in [2.45, 2.75) is 31.2 Å². The molecule has 5 N–H and O–H groups in total. The molecule has 20 heavy (non-hydrogen) atoms. The first-order chi connectivity index (χ1) is 9.13. The number of nitrogens with two attached hydrogens (primary N) is 2. The SMILES string of the molecule is CC(C)C[C@H](N)C(=O)NS(=O)(=O)c1ccc(N)c(Cl)c1. The van der Waals surface area contributed by atoms with Crippen LogP contribution in [-0.2, 0) is 14.8 Å². The molecule has 1 aromatic carbocycles. The van der Waals surface area contributed by atoms with Crippen molar-refractivity contribution in [1.82, 2.24) is 4.72 Å². The minimum absolute atomic E-state index is 0.104. The van der Waals surface area contributed by atoms with Gasteiger partial charge < -0.3 is 11.5 Å². The van der Waals surface area contributed by atoms with Gasteiger partial charge in [0.15, 0.2) is 0 Å². The average Bonchev–Trinajstić information content (AvgIpc) is 2.31. The van der Waals surface area contributed by atoms with Gasteiger partial charge in [0.25, 0.3) is 15.9 Å². The van der Waals surface area contributed by atoms with E-state index in [2.05, 4.69) is 0 Å². The van der Waals surface area contributed by atoms with Crippen molar-refractivity contribution in [1.29, 1.82) is 0 Å². The van der Waals surface area contributed by atoms with Crippen LogP contribution in [0.15, 0.2) is 23.1 Å². The second-order valence-electron chi connectivity index (χ2n) is 4.89. The van der Waals surface area contributed by atoms with Crippen molar-refractivity contribution in [3.8, 4) is 0 Å². The van der Waals surface area contributed by atoms with E-state index in [0.717, 1.165) is 0 Å². The number of halogens is 1. The number of hydrogen-bond donors (Lipinski definition) is 3. The lowest BCUT2D eigenvalue weighted by atomic mass is 10.0. The molecule has 0 unspecified atom stereocenters. The van der Waals surface area contributed by atoms with Crippen molar-refractivity contribution >= 4 is 33.2 Å². The lowest BCUT2D eigenvalue weighted by Gasteiger charge is -2.14. The van der Waals surface area contributed by atoms with Crippen molar-refractivity contribution in [3.63, 3.8) is 0 Å². The Morgan fingerprint density at radius 2 is 2.00 bits per heavy atom. The van der Waals surface area contributed by atoms with Crippen LogP contribution in [0, 0.1) is 5.92 Å². The van der Waals surface area contributed by atoms with Crippen LogP contribution in [-0.4, -0.2) is 20.4 Å². The number of anilines is 1. The largest absolute Gasteiger partial charge is 0.398 e. The molecule has 1 amide bonds. The predicted octanol–water partition coefficient (Wildman–Crippen LogP) is 1.10. The molecule has 0 aliphatic carbocycles. The van der Waals surface area contributed by atoms with Crippen molar-refractivity contribution in [2.75, 3.05) is 5.73 Å². The minimum Gasteiger partial charge on any atom is -0.398 e. The van der Waals surface area contributed by atoms with E-state index in [-0.39, 0.29) is 21.5 Å². The molecule has 0 fully saturated rings. The van der Waals surface area contributed by atoms with Crippen LogP contribution in [0.4, 0.5) is 5.69 Å². The summed E-state index contributed by atoms with van der Waals surface area (Å²) in [6, 6.07) is 2.93. The third kappa shape index (κ3) is 4.36. The lowest BCUT2D eigenvalue weighted by molar-refractivity contribution is -0.120. The van der Waals surface area contributed by atoms with Gasteiger partial charge in [-0.25, -0.2) is 13.1 Å². The van der Waals surface area contributed by atoms with E-state index in [4.69, 9.17) is 23.1 Å². The van der Waals surface area contributed by atoms with Crippen LogP contribution in [0.3, 0.4) is 0 Å². The van der Waals surface area contributed by atoms with E-state index < -0.39 is 22.0 Å². The molecule has 1 rings (SSSR count). The molecule has 0 bridgehead atoms. The molecule has 1 atom stereocenters. The summed E-state index contributed by atoms with van der Waals surface area (Å²) in [5.41, 5.74) is 11.4. The zero-order valence-electron chi connectivity index (χ0n) is 11.3. The van der Waals surface area contributed by atoms with Crippen molar-refractivity contribution in [2.24, 2.45) is 11.7 Å². The van der Waals surface area contributed by atoms with E-state index in [1.54, 1.807) is 0 Å². The summed E-state index contributed by atoms with van der Waals surface area (Å²) >= 11 is 5.76. The highest BCUT2D eigenvalue weighted by atomic mass is 35.5. The van der Waals surface area contributed by atoms with E-state index in [0.29, 0.717) is 6.42 Å². The summed E-state index contributed by atoms with van der Waals surface area (Å²) in [5, 5.41) is 0.104. The zero-order chi connectivity index (χ0) is 15.5. The molecule has 0 radical (unpaired) electrons. The molecule has 8 heteroatoms. The Bertz CT molecular complexity index is 602. The molecular formula is C12H18ClN3O3S. The number of carbonyl (C=O) groups excluding carboxylic acids is 1. The highest BCUT2D eigenvalue weighted by Gasteiger charge is 2.23. The molecule has 1 aromatic rings. The third-order valence-electron chi connectivity index (χ3n) is 2.58. The lowest BCUT2D eigenvalue weighted by Crippen LogP contribution is -2.43. The Morgan fingerprint density at radius 1 is 1.40 bits per heavy atom. The maximum atomic E-state index is 12.0. The number of nitrogens with one attached hydrogen (secondary N) is 1. The van der Waals surface area contributed by atoms with Gasteiger partial charge in [0, 0.05) is 0 Å². The maximum absolute atomic E-state index is 12.0. The fourth-order valence-electron chi connectivity index (χ4n) is 1.56. The third-order valence-corrected chi connectivity index (χ3v) is 4.25. The second-order valence-corrected chi connectivity index (χ2v) is 6.98. The van der Waals surface area contributed by atoms with Gasteiger partial charge in [-0.15, -0.1) is 0 Å². The van der Waals surface area contributed by atoms with Crippen molar-refractivity contribution in [3.05, 3.63) is 23.2 Å². The van der Waals surface area contributed by atoms with Gasteiger partial charge in [-0.1, -0.05) is 25.4 Å². The van der Waals surface area contributed by atoms with Gasteiger partial charge in [0.1, 0.15) is 0 Å². The Labute approximate surface area is 123 Å². The smallest absolute Gasteiger partial charge is 0.264 e. The normalized spacial score (nSPS) is 13.2. The highest BCUT2D eigenvalue weighted by Crippen LogP contribution is 2.22. The molecule has 0 spiro atoms. The molecule has 112 valence electrons. The second kappa shape index (κ2) is 6.43. The maximum Gasteiger partial charge on any atom is 0.264 e. The molecule has 0 heterocycles. The molecule has 0 saturated carbocycles. The van der Waals surface area contributed by atoms with Gasteiger partial charge in [0.05, 0.1) is 21.6 Å². The fraction of sp³-hybridized carbons (Fsp3) is 0.417. The van der Waals surface area contributed by atoms with Gasteiger partial charge in [-0.05, 0) is 30.5 Å². The van der Waals surface area contributed by atoms with Crippen LogP contribution in [0.1, 0.15) is 20.3 Å². The number of benzene rings is 1. The molecular weight excluding hydrogens is 302 g/mol. The highest BCUT2D eigenvalue weighted by molar-refractivity contribution is 7.90. The summed E-state index contributed by atoms with van der Waals surface area (Å²) in [7, 11) is -4.00. The first kappa shape index (κ1) is 16.7. The Kier molecular flexibility index (Phi) is 5.38. The number of sulfonamides is 1.